The van der Waals surface area contributed by atoms with Gasteiger partial charge in [0.2, 0.25) is 0 Å². The number of carbonyl (C=O) groups excluding carboxylic acids is 1. The number of rotatable bonds is 9. The topological polar surface area (TPSA) is 17.1 Å². The summed E-state index contributed by atoms with van der Waals surface area (Å²) in [4.78, 5) is 13.3. The summed E-state index contributed by atoms with van der Waals surface area (Å²) < 4.78 is 0. The lowest BCUT2D eigenvalue weighted by molar-refractivity contribution is -0.115. The average molecular weight is 317 g/mol. The number of aldehydes is 1. The standard InChI is InChI=1S/C20H28OS/c1-3-5-13-20(4-2,16-21)17-22-14-9-12-19(22)15-18-10-7-6-8-11-18/h6-12,14,16,22H,3-5,13,15,17H2,1-2H3. The molecule has 0 bridgehead atoms. The fourth-order valence-corrected chi connectivity index (χ4v) is 5.58. The highest BCUT2D eigenvalue weighted by Gasteiger charge is 2.30. The molecule has 0 fully saturated rings. The Morgan fingerprint density at radius 3 is 2.59 bits per heavy atom. The average Bonchev–Trinajstić information content (AvgIpc) is 2.99. The Hall–Kier alpha value is -1.28. The Bertz CT molecular complexity index is 532. The van der Waals surface area contributed by atoms with Crippen molar-refractivity contribution in [2.45, 2.75) is 46.0 Å². The Morgan fingerprint density at radius 2 is 1.95 bits per heavy atom. The fourth-order valence-electron chi connectivity index (χ4n) is 2.98. The molecule has 0 spiro atoms. The molecule has 0 aromatic heterocycles. The van der Waals surface area contributed by atoms with Gasteiger partial charge in [-0.05, 0) is 34.5 Å². The van der Waals surface area contributed by atoms with Crippen molar-refractivity contribution < 1.29 is 4.79 Å². The van der Waals surface area contributed by atoms with Crippen molar-refractivity contribution in [3.05, 3.63) is 58.4 Å². The molecule has 120 valence electrons. The summed E-state index contributed by atoms with van der Waals surface area (Å²) in [6.07, 6.45) is 11.0. The van der Waals surface area contributed by atoms with Gasteiger partial charge in [0.15, 0.2) is 0 Å². The van der Waals surface area contributed by atoms with Crippen molar-refractivity contribution in [3.63, 3.8) is 0 Å². The van der Waals surface area contributed by atoms with Crippen LogP contribution in [0.4, 0.5) is 0 Å². The maximum absolute atomic E-state index is 11.8. The van der Waals surface area contributed by atoms with Crippen LogP contribution in [0.3, 0.4) is 0 Å². The minimum Gasteiger partial charge on any atom is -0.303 e. The van der Waals surface area contributed by atoms with E-state index >= 15 is 0 Å². The minimum atomic E-state index is -0.299. The van der Waals surface area contributed by atoms with Gasteiger partial charge in [0.05, 0.1) is 0 Å². The van der Waals surface area contributed by atoms with Crippen LogP contribution in [0.1, 0.15) is 45.1 Å². The van der Waals surface area contributed by atoms with Crippen LogP contribution in [0.25, 0.3) is 0 Å². The Balaban J connectivity index is 2.05. The van der Waals surface area contributed by atoms with Crippen LogP contribution in [-0.2, 0) is 11.2 Å². The zero-order valence-electron chi connectivity index (χ0n) is 13.8. The molecule has 1 heterocycles. The Kier molecular flexibility index (Phi) is 6.50. The fraction of sp³-hybridized carbons (Fsp3) is 0.450. The molecule has 0 radical (unpaired) electrons. The molecule has 1 aromatic carbocycles. The van der Waals surface area contributed by atoms with Crippen LogP contribution in [0.2, 0.25) is 0 Å². The summed E-state index contributed by atoms with van der Waals surface area (Å²) in [5.74, 6) is 1.03. The van der Waals surface area contributed by atoms with E-state index in [-0.39, 0.29) is 16.3 Å². The molecular weight excluding hydrogens is 288 g/mol. The molecule has 2 atom stereocenters. The van der Waals surface area contributed by atoms with Crippen LogP contribution in [-0.4, -0.2) is 12.0 Å². The van der Waals surface area contributed by atoms with E-state index in [2.05, 4.69) is 61.7 Å². The highest BCUT2D eigenvalue weighted by atomic mass is 32.2. The first-order valence-corrected chi connectivity index (χ1v) is 9.97. The van der Waals surface area contributed by atoms with Crippen LogP contribution < -0.4 is 0 Å². The third-order valence-electron chi connectivity index (χ3n) is 4.62. The van der Waals surface area contributed by atoms with Gasteiger partial charge in [-0.2, -0.15) is 0 Å². The molecule has 1 nitrogen and oxygen atoms in total. The third kappa shape index (κ3) is 4.36. The lowest BCUT2D eigenvalue weighted by Crippen LogP contribution is -2.26. The number of unbranched alkanes of at least 4 members (excludes halogenated alkanes) is 1. The number of benzene rings is 1. The molecule has 0 saturated carbocycles. The number of allylic oxidation sites excluding steroid dienone is 3. The molecule has 2 rings (SSSR count). The van der Waals surface area contributed by atoms with Crippen molar-refractivity contribution in [1.29, 1.82) is 0 Å². The molecule has 1 aliphatic heterocycles. The van der Waals surface area contributed by atoms with Gasteiger partial charge in [-0.15, -0.1) is 0 Å². The normalized spacial score (nSPS) is 21.4. The summed E-state index contributed by atoms with van der Waals surface area (Å²) in [5, 5.41) is 2.34. The van der Waals surface area contributed by atoms with Crippen molar-refractivity contribution in [2.24, 2.45) is 5.41 Å². The molecule has 2 unspecified atom stereocenters. The molecule has 2 heteroatoms. The SMILES string of the molecule is CCCCC(C=O)(CC)C[SH]1C=CC=C1Cc1ccccc1. The Morgan fingerprint density at radius 1 is 1.18 bits per heavy atom. The van der Waals surface area contributed by atoms with Gasteiger partial charge in [0.1, 0.15) is 6.29 Å². The zero-order valence-corrected chi connectivity index (χ0v) is 14.7. The highest BCUT2D eigenvalue weighted by molar-refractivity contribution is 8.23. The van der Waals surface area contributed by atoms with Crippen molar-refractivity contribution in [2.75, 3.05) is 5.75 Å². The Labute approximate surface area is 137 Å². The second-order valence-electron chi connectivity index (χ2n) is 6.23. The van der Waals surface area contributed by atoms with E-state index in [1.165, 1.54) is 16.8 Å². The van der Waals surface area contributed by atoms with E-state index in [1.807, 2.05) is 0 Å². The third-order valence-corrected chi connectivity index (χ3v) is 7.17. The second-order valence-corrected chi connectivity index (χ2v) is 8.36. The molecular formula is C20H28OS. The molecule has 0 amide bonds. The van der Waals surface area contributed by atoms with Gasteiger partial charge in [-0.1, -0.05) is 69.2 Å². The molecule has 22 heavy (non-hydrogen) atoms. The summed E-state index contributed by atoms with van der Waals surface area (Å²) in [6.45, 7) is 4.37. The van der Waals surface area contributed by atoms with E-state index < -0.39 is 0 Å². The number of carbonyl (C=O) groups is 1. The number of hydrogen-bond donors (Lipinski definition) is 1. The summed E-state index contributed by atoms with van der Waals surface area (Å²) in [7, 11) is -0.299. The van der Waals surface area contributed by atoms with Gasteiger partial charge in [0, 0.05) is 11.8 Å². The van der Waals surface area contributed by atoms with Crippen LogP contribution in [0.5, 0.6) is 0 Å². The first-order chi connectivity index (χ1) is 10.7. The number of thiol groups is 1. The summed E-state index contributed by atoms with van der Waals surface area (Å²) in [6, 6.07) is 10.6. The summed E-state index contributed by atoms with van der Waals surface area (Å²) in [5.41, 5.74) is 1.25. The van der Waals surface area contributed by atoms with Crippen LogP contribution in [0, 0.1) is 5.41 Å². The van der Waals surface area contributed by atoms with E-state index in [0.717, 1.165) is 37.9 Å². The predicted molar refractivity (Wildman–Crippen MR) is 99.5 cm³/mol. The first-order valence-electron chi connectivity index (χ1n) is 8.37. The maximum Gasteiger partial charge on any atom is 0.126 e. The monoisotopic (exact) mass is 316 g/mol. The van der Waals surface area contributed by atoms with Crippen molar-refractivity contribution >= 4 is 17.2 Å². The van der Waals surface area contributed by atoms with Crippen LogP contribution >= 0.6 is 10.9 Å². The molecule has 0 saturated heterocycles. The van der Waals surface area contributed by atoms with E-state index in [1.54, 1.807) is 0 Å². The minimum absolute atomic E-state index is 0.119. The lowest BCUT2D eigenvalue weighted by atomic mass is 9.84. The first kappa shape index (κ1) is 17.1. The quantitative estimate of drug-likeness (QED) is 0.475. The van der Waals surface area contributed by atoms with Crippen molar-refractivity contribution in [3.8, 4) is 0 Å². The maximum atomic E-state index is 11.8. The van der Waals surface area contributed by atoms with E-state index in [9.17, 15) is 4.79 Å². The molecule has 1 aromatic rings. The zero-order chi connectivity index (χ0) is 15.8. The molecule has 0 aliphatic carbocycles. The van der Waals surface area contributed by atoms with Gasteiger partial charge in [-0.3, -0.25) is 0 Å². The smallest absolute Gasteiger partial charge is 0.126 e. The van der Waals surface area contributed by atoms with Gasteiger partial charge in [0.25, 0.3) is 0 Å². The lowest BCUT2D eigenvalue weighted by Gasteiger charge is -2.32. The number of hydrogen-bond acceptors (Lipinski definition) is 1. The van der Waals surface area contributed by atoms with Gasteiger partial charge in [-0.25, -0.2) is 10.9 Å². The highest BCUT2D eigenvalue weighted by Crippen LogP contribution is 2.48. The van der Waals surface area contributed by atoms with E-state index in [0.29, 0.717) is 0 Å². The predicted octanol–water partition coefficient (Wildman–Crippen LogP) is 5.43. The summed E-state index contributed by atoms with van der Waals surface area (Å²) >= 11 is 0. The largest absolute Gasteiger partial charge is 0.303 e. The molecule has 1 aliphatic rings. The van der Waals surface area contributed by atoms with Gasteiger partial charge < -0.3 is 4.79 Å². The van der Waals surface area contributed by atoms with Crippen LogP contribution in [0.15, 0.2) is 52.8 Å². The molecule has 0 N–H and O–H groups in total. The second kappa shape index (κ2) is 8.38. The van der Waals surface area contributed by atoms with Crippen molar-refractivity contribution in [1.82, 2.24) is 0 Å². The van der Waals surface area contributed by atoms with E-state index in [4.69, 9.17) is 0 Å². The van der Waals surface area contributed by atoms with Gasteiger partial charge >= 0.3 is 0 Å².